The van der Waals surface area contributed by atoms with Crippen LogP contribution in [-0.4, -0.2) is 53.7 Å². The van der Waals surface area contributed by atoms with Gasteiger partial charge in [0.15, 0.2) is 0 Å². The zero-order chi connectivity index (χ0) is 15.7. The third kappa shape index (κ3) is 3.29. The van der Waals surface area contributed by atoms with Crippen LogP contribution in [0.5, 0.6) is 0 Å². The van der Waals surface area contributed by atoms with Crippen LogP contribution in [0.4, 0.5) is 0 Å². The standard InChI is InChI=1S/C14H19N3O4S/c1-7-3-9(22-17-7)4-12(19)16-11-6-21-13-10(15-8(2)18)5-20-14(11)13/h3,10-11,13-14H,4-6H2,1-2H3,(H,15,18)(H,16,19)/t10-,11-,13+,14+/m0/s1. The highest BCUT2D eigenvalue weighted by Gasteiger charge is 2.48. The van der Waals surface area contributed by atoms with Crippen LogP contribution in [0, 0.1) is 6.92 Å². The van der Waals surface area contributed by atoms with Crippen molar-refractivity contribution in [2.24, 2.45) is 0 Å². The fourth-order valence-corrected chi connectivity index (χ4v) is 3.66. The fraction of sp³-hybridized carbons (Fsp3) is 0.643. The van der Waals surface area contributed by atoms with E-state index in [1.165, 1.54) is 18.5 Å². The molecule has 1 aromatic rings. The second-order valence-electron chi connectivity index (χ2n) is 5.69. The minimum absolute atomic E-state index is 0.0653. The summed E-state index contributed by atoms with van der Waals surface area (Å²) in [5.74, 6) is -0.171. The predicted molar refractivity (Wildman–Crippen MR) is 79.6 cm³/mol. The summed E-state index contributed by atoms with van der Waals surface area (Å²) in [6, 6.07) is 1.59. The van der Waals surface area contributed by atoms with E-state index in [0.29, 0.717) is 19.6 Å². The molecule has 0 spiro atoms. The highest BCUT2D eigenvalue weighted by Crippen LogP contribution is 2.27. The minimum atomic E-state index is -0.205. The zero-order valence-corrected chi connectivity index (χ0v) is 13.3. The van der Waals surface area contributed by atoms with Gasteiger partial charge in [0.2, 0.25) is 11.8 Å². The minimum Gasteiger partial charge on any atom is -0.371 e. The molecule has 0 unspecified atom stereocenters. The molecule has 0 aromatic carbocycles. The van der Waals surface area contributed by atoms with Crippen molar-refractivity contribution in [2.75, 3.05) is 13.2 Å². The lowest BCUT2D eigenvalue weighted by atomic mass is 10.1. The van der Waals surface area contributed by atoms with E-state index in [0.717, 1.165) is 10.6 Å². The van der Waals surface area contributed by atoms with Gasteiger partial charge in [0.05, 0.1) is 37.4 Å². The van der Waals surface area contributed by atoms with Crippen LogP contribution < -0.4 is 10.6 Å². The maximum Gasteiger partial charge on any atom is 0.225 e. The van der Waals surface area contributed by atoms with Gasteiger partial charge in [-0.1, -0.05) is 0 Å². The van der Waals surface area contributed by atoms with Gasteiger partial charge in [0, 0.05) is 11.8 Å². The van der Waals surface area contributed by atoms with E-state index in [-0.39, 0.29) is 36.1 Å². The van der Waals surface area contributed by atoms with Crippen LogP contribution in [0.15, 0.2) is 6.07 Å². The molecule has 7 nitrogen and oxygen atoms in total. The number of carbonyl (C=O) groups is 2. The largest absolute Gasteiger partial charge is 0.371 e. The van der Waals surface area contributed by atoms with Crippen molar-refractivity contribution < 1.29 is 19.1 Å². The number of ether oxygens (including phenoxy) is 2. The number of hydrogen-bond acceptors (Lipinski definition) is 6. The first-order valence-corrected chi connectivity index (χ1v) is 8.02. The second-order valence-corrected chi connectivity index (χ2v) is 6.58. The molecule has 0 radical (unpaired) electrons. The first-order valence-electron chi connectivity index (χ1n) is 7.25. The van der Waals surface area contributed by atoms with Crippen molar-refractivity contribution in [3.8, 4) is 0 Å². The van der Waals surface area contributed by atoms with E-state index >= 15 is 0 Å². The summed E-state index contributed by atoms with van der Waals surface area (Å²) in [4.78, 5) is 24.2. The average molecular weight is 325 g/mol. The monoisotopic (exact) mass is 325 g/mol. The van der Waals surface area contributed by atoms with Crippen LogP contribution in [0.1, 0.15) is 17.5 Å². The molecule has 2 N–H and O–H groups in total. The van der Waals surface area contributed by atoms with Crippen molar-refractivity contribution >= 4 is 23.3 Å². The summed E-state index contributed by atoms with van der Waals surface area (Å²) in [7, 11) is 0. The number of aryl methyl sites for hydroxylation is 1. The Hall–Kier alpha value is -1.51. The van der Waals surface area contributed by atoms with Crippen molar-refractivity contribution in [3.63, 3.8) is 0 Å². The van der Waals surface area contributed by atoms with Gasteiger partial charge in [-0.2, -0.15) is 4.37 Å². The van der Waals surface area contributed by atoms with Crippen LogP contribution in [-0.2, 0) is 25.5 Å². The van der Waals surface area contributed by atoms with Crippen molar-refractivity contribution in [3.05, 3.63) is 16.6 Å². The van der Waals surface area contributed by atoms with E-state index in [2.05, 4.69) is 15.0 Å². The lowest BCUT2D eigenvalue weighted by molar-refractivity contribution is -0.121. The molecule has 3 rings (SSSR count). The fourth-order valence-electron chi connectivity index (χ4n) is 2.92. The van der Waals surface area contributed by atoms with E-state index < -0.39 is 0 Å². The molecule has 120 valence electrons. The van der Waals surface area contributed by atoms with E-state index in [1.807, 2.05) is 13.0 Å². The number of rotatable bonds is 4. The third-order valence-electron chi connectivity index (χ3n) is 3.80. The molecule has 0 aliphatic carbocycles. The number of hydrogen-bond donors (Lipinski definition) is 2. The maximum atomic E-state index is 12.1. The molecule has 8 heteroatoms. The first kappa shape index (κ1) is 15.4. The number of aromatic nitrogens is 1. The molecule has 2 fully saturated rings. The Morgan fingerprint density at radius 3 is 2.45 bits per heavy atom. The molecule has 0 bridgehead atoms. The molecule has 2 aliphatic rings. The second kappa shape index (κ2) is 6.31. The SMILES string of the molecule is CC(=O)N[C@H]1CO[C@H]2[C@@H]1OC[C@@H]2NC(=O)Cc1cc(C)ns1. The highest BCUT2D eigenvalue weighted by molar-refractivity contribution is 7.05. The van der Waals surface area contributed by atoms with Crippen molar-refractivity contribution in [2.45, 2.75) is 44.6 Å². The Labute approximate surface area is 132 Å². The highest BCUT2D eigenvalue weighted by atomic mass is 32.1. The van der Waals surface area contributed by atoms with Crippen LogP contribution in [0.3, 0.4) is 0 Å². The van der Waals surface area contributed by atoms with Gasteiger partial charge in [-0.15, -0.1) is 0 Å². The summed E-state index contributed by atoms with van der Waals surface area (Å²) in [6.45, 7) is 4.19. The molecule has 1 aromatic heterocycles. The number of amides is 2. The lowest BCUT2D eigenvalue weighted by Crippen LogP contribution is -2.46. The predicted octanol–water partition coefficient (Wildman–Crippen LogP) is -0.219. The van der Waals surface area contributed by atoms with Gasteiger partial charge >= 0.3 is 0 Å². The smallest absolute Gasteiger partial charge is 0.225 e. The molecular weight excluding hydrogens is 306 g/mol. The van der Waals surface area contributed by atoms with Gasteiger partial charge in [-0.05, 0) is 24.5 Å². The Morgan fingerprint density at radius 2 is 1.91 bits per heavy atom. The van der Waals surface area contributed by atoms with Gasteiger partial charge in [0.1, 0.15) is 12.2 Å². The lowest BCUT2D eigenvalue weighted by Gasteiger charge is -2.17. The van der Waals surface area contributed by atoms with Crippen molar-refractivity contribution in [1.82, 2.24) is 15.0 Å². The normalized spacial score (nSPS) is 30.1. The summed E-state index contributed by atoms with van der Waals surface area (Å²) < 4.78 is 15.6. The topological polar surface area (TPSA) is 89.5 Å². The number of fused-ring (bicyclic) bond motifs is 1. The molecule has 0 saturated carbocycles. The first-order chi connectivity index (χ1) is 10.5. The third-order valence-corrected chi connectivity index (χ3v) is 4.68. The van der Waals surface area contributed by atoms with Gasteiger partial charge < -0.3 is 20.1 Å². The maximum absolute atomic E-state index is 12.1. The van der Waals surface area contributed by atoms with E-state index in [4.69, 9.17) is 9.47 Å². The summed E-state index contributed by atoms with van der Waals surface area (Å²) >= 11 is 1.34. The van der Waals surface area contributed by atoms with Gasteiger partial charge in [-0.3, -0.25) is 9.59 Å². The summed E-state index contributed by atoms with van der Waals surface area (Å²) in [5.41, 5.74) is 0.925. The summed E-state index contributed by atoms with van der Waals surface area (Å²) in [6.07, 6.45) is -0.0852. The number of nitrogens with one attached hydrogen (secondary N) is 2. The molecule has 4 atom stereocenters. The quantitative estimate of drug-likeness (QED) is 0.799. The summed E-state index contributed by atoms with van der Waals surface area (Å²) in [5, 5.41) is 5.78. The van der Waals surface area contributed by atoms with E-state index in [1.54, 1.807) is 0 Å². The van der Waals surface area contributed by atoms with Crippen LogP contribution in [0.25, 0.3) is 0 Å². The molecule has 2 amide bonds. The zero-order valence-electron chi connectivity index (χ0n) is 12.5. The molecular formula is C14H19N3O4S. The average Bonchev–Trinajstić information content (AvgIpc) is 3.10. The van der Waals surface area contributed by atoms with Crippen LogP contribution in [0.2, 0.25) is 0 Å². The Morgan fingerprint density at radius 1 is 1.27 bits per heavy atom. The van der Waals surface area contributed by atoms with Gasteiger partial charge in [-0.25, -0.2) is 0 Å². The molecule has 2 saturated heterocycles. The Balaban J connectivity index is 1.54. The number of nitrogens with zero attached hydrogens (tertiary/aromatic N) is 1. The van der Waals surface area contributed by atoms with Crippen molar-refractivity contribution in [1.29, 1.82) is 0 Å². The number of carbonyl (C=O) groups excluding carboxylic acids is 2. The molecule has 22 heavy (non-hydrogen) atoms. The van der Waals surface area contributed by atoms with E-state index in [9.17, 15) is 9.59 Å². The van der Waals surface area contributed by atoms with Gasteiger partial charge in [0.25, 0.3) is 0 Å². The molecule has 3 heterocycles. The van der Waals surface area contributed by atoms with Crippen LogP contribution >= 0.6 is 11.5 Å². The molecule has 2 aliphatic heterocycles. The Bertz CT molecular complexity index is 576. The Kier molecular flexibility index (Phi) is 4.42.